The van der Waals surface area contributed by atoms with E-state index in [9.17, 15) is 14.0 Å². The fourth-order valence-electron chi connectivity index (χ4n) is 4.29. The molecule has 2 fully saturated rings. The third-order valence-electron chi connectivity index (χ3n) is 6.05. The van der Waals surface area contributed by atoms with Crippen molar-refractivity contribution >= 4 is 5.91 Å². The topological polar surface area (TPSA) is 67.7 Å². The zero-order valence-electron chi connectivity index (χ0n) is 17.2. The van der Waals surface area contributed by atoms with Crippen LogP contribution >= 0.6 is 0 Å². The number of benzene rings is 1. The highest BCUT2D eigenvalue weighted by molar-refractivity contribution is 5.92. The largest absolute Gasteiger partial charge is 0.487 e. The van der Waals surface area contributed by atoms with Crippen molar-refractivity contribution < 1.29 is 13.9 Å². The number of ether oxygens (including phenoxy) is 1. The first-order chi connectivity index (χ1) is 14.5. The van der Waals surface area contributed by atoms with Crippen LogP contribution in [0.5, 0.6) is 5.75 Å². The van der Waals surface area contributed by atoms with E-state index in [2.05, 4.69) is 10.00 Å². The van der Waals surface area contributed by atoms with Gasteiger partial charge in [0.2, 0.25) is 0 Å². The van der Waals surface area contributed by atoms with Crippen molar-refractivity contribution in [3.05, 3.63) is 58.3 Å². The number of halogens is 1. The van der Waals surface area contributed by atoms with Gasteiger partial charge in [0.1, 0.15) is 11.8 Å². The minimum atomic E-state index is -0.315. The Morgan fingerprint density at radius 1 is 1.03 bits per heavy atom. The van der Waals surface area contributed by atoms with Gasteiger partial charge in [-0.3, -0.25) is 14.5 Å². The molecule has 1 amide bonds. The highest BCUT2D eigenvalue weighted by atomic mass is 19.1. The number of aryl methyl sites for hydroxylation is 1. The molecular formula is C22H27FN4O3. The van der Waals surface area contributed by atoms with E-state index in [0.717, 1.165) is 38.8 Å². The van der Waals surface area contributed by atoms with Crippen LogP contribution < -0.4 is 10.3 Å². The maximum atomic E-state index is 13.8. The normalized spacial score (nSPS) is 19.1. The van der Waals surface area contributed by atoms with E-state index in [1.807, 2.05) is 4.90 Å². The molecule has 0 radical (unpaired) electrons. The maximum Gasteiger partial charge on any atom is 0.274 e. The number of nitrogens with zero attached hydrogens (tertiary/aromatic N) is 4. The lowest BCUT2D eigenvalue weighted by molar-refractivity contribution is 0.0413. The molecule has 30 heavy (non-hydrogen) atoms. The maximum absolute atomic E-state index is 13.8. The van der Waals surface area contributed by atoms with Gasteiger partial charge in [0.15, 0.2) is 11.6 Å². The van der Waals surface area contributed by atoms with E-state index in [-0.39, 0.29) is 23.4 Å². The molecule has 2 aromatic rings. The van der Waals surface area contributed by atoms with Crippen LogP contribution in [0, 0.1) is 5.82 Å². The Morgan fingerprint density at radius 3 is 2.40 bits per heavy atom. The van der Waals surface area contributed by atoms with Gasteiger partial charge in [-0.15, -0.1) is 0 Å². The summed E-state index contributed by atoms with van der Waals surface area (Å²) in [4.78, 5) is 28.4. The lowest BCUT2D eigenvalue weighted by Crippen LogP contribution is -2.50. The SMILES string of the molecule is Cn1nc(C(=O)N2CCC(N3CCC(Oc4ccccc4F)CC3)CC2)ccc1=O. The average Bonchev–Trinajstić information content (AvgIpc) is 2.77. The van der Waals surface area contributed by atoms with E-state index in [0.29, 0.717) is 30.6 Å². The van der Waals surface area contributed by atoms with Crippen LogP contribution in [0.4, 0.5) is 4.39 Å². The fraction of sp³-hybridized carbons (Fsp3) is 0.500. The Morgan fingerprint density at radius 2 is 1.73 bits per heavy atom. The summed E-state index contributed by atoms with van der Waals surface area (Å²) >= 11 is 0. The zero-order chi connectivity index (χ0) is 21.1. The van der Waals surface area contributed by atoms with Crippen LogP contribution in [0.15, 0.2) is 41.2 Å². The third kappa shape index (κ3) is 4.53. The van der Waals surface area contributed by atoms with E-state index >= 15 is 0 Å². The third-order valence-corrected chi connectivity index (χ3v) is 6.05. The smallest absolute Gasteiger partial charge is 0.274 e. The Kier molecular flexibility index (Phi) is 6.13. The monoisotopic (exact) mass is 414 g/mol. The average molecular weight is 414 g/mol. The number of piperidine rings is 2. The Bertz CT molecular complexity index is 947. The molecular weight excluding hydrogens is 387 g/mol. The highest BCUT2D eigenvalue weighted by Crippen LogP contribution is 2.25. The summed E-state index contributed by atoms with van der Waals surface area (Å²) in [6.45, 7) is 3.19. The minimum Gasteiger partial charge on any atom is -0.487 e. The summed E-state index contributed by atoms with van der Waals surface area (Å²) < 4.78 is 20.8. The van der Waals surface area contributed by atoms with Crippen molar-refractivity contribution in [2.75, 3.05) is 26.2 Å². The van der Waals surface area contributed by atoms with Gasteiger partial charge in [0.25, 0.3) is 11.5 Å². The van der Waals surface area contributed by atoms with Gasteiger partial charge in [0, 0.05) is 45.3 Å². The molecule has 2 aliphatic rings. The zero-order valence-corrected chi connectivity index (χ0v) is 17.2. The second-order valence-corrected chi connectivity index (χ2v) is 7.99. The molecule has 8 heteroatoms. The summed E-state index contributed by atoms with van der Waals surface area (Å²) in [5.74, 6) is -0.110. The lowest BCUT2D eigenvalue weighted by atomic mass is 9.98. The summed E-state index contributed by atoms with van der Waals surface area (Å²) in [7, 11) is 1.55. The van der Waals surface area contributed by atoms with E-state index < -0.39 is 0 Å². The number of carbonyl (C=O) groups excluding carboxylic acids is 1. The van der Waals surface area contributed by atoms with Crippen LogP contribution in [0.25, 0.3) is 0 Å². The number of hydrogen-bond acceptors (Lipinski definition) is 5. The molecule has 0 unspecified atom stereocenters. The summed E-state index contributed by atoms with van der Waals surface area (Å²) in [6, 6.07) is 9.86. The first-order valence-corrected chi connectivity index (χ1v) is 10.5. The molecule has 0 atom stereocenters. The van der Waals surface area contributed by atoms with Crippen LogP contribution in [-0.4, -0.2) is 63.8 Å². The summed E-state index contributed by atoms with van der Waals surface area (Å²) in [5, 5.41) is 4.07. The van der Waals surface area contributed by atoms with Gasteiger partial charge < -0.3 is 9.64 Å². The van der Waals surface area contributed by atoms with Gasteiger partial charge in [-0.25, -0.2) is 9.07 Å². The van der Waals surface area contributed by atoms with Crippen LogP contribution in [-0.2, 0) is 7.05 Å². The van der Waals surface area contributed by atoms with Gasteiger partial charge in [-0.2, -0.15) is 5.10 Å². The number of amides is 1. The summed E-state index contributed by atoms with van der Waals surface area (Å²) in [6.07, 6.45) is 3.60. The first-order valence-electron chi connectivity index (χ1n) is 10.5. The number of hydrogen-bond donors (Lipinski definition) is 0. The summed E-state index contributed by atoms with van der Waals surface area (Å²) in [5.41, 5.74) is 0.0781. The molecule has 0 N–H and O–H groups in total. The number of rotatable bonds is 4. The van der Waals surface area contributed by atoms with Crippen molar-refractivity contribution in [2.45, 2.75) is 37.8 Å². The predicted octanol–water partition coefficient (Wildman–Crippen LogP) is 2.07. The van der Waals surface area contributed by atoms with E-state index in [1.54, 1.807) is 25.2 Å². The number of likely N-dealkylation sites (tertiary alicyclic amines) is 2. The van der Waals surface area contributed by atoms with Gasteiger partial charge in [0.05, 0.1) is 0 Å². The molecule has 1 aromatic heterocycles. The second kappa shape index (κ2) is 8.95. The minimum absolute atomic E-state index is 0.0376. The highest BCUT2D eigenvalue weighted by Gasteiger charge is 2.31. The number of carbonyl (C=O) groups is 1. The van der Waals surface area contributed by atoms with E-state index in [1.165, 1.54) is 22.9 Å². The molecule has 2 aliphatic heterocycles. The molecule has 0 saturated carbocycles. The predicted molar refractivity (Wildman–Crippen MR) is 110 cm³/mol. The van der Waals surface area contributed by atoms with Crippen LogP contribution in [0.1, 0.15) is 36.2 Å². The molecule has 0 bridgehead atoms. The van der Waals surface area contributed by atoms with Gasteiger partial charge in [-0.1, -0.05) is 12.1 Å². The molecule has 7 nitrogen and oxygen atoms in total. The van der Waals surface area contributed by atoms with Gasteiger partial charge >= 0.3 is 0 Å². The molecule has 1 aromatic carbocycles. The number of aromatic nitrogens is 2. The standard InChI is InChI=1S/C22H27FN4O3/c1-25-21(28)7-6-19(24-25)22(29)27-12-8-16(9-13-27)26-14-10-17(11-15-26)30-20-5-3-2-4-18(20)23/h2-7,16-17H,8-15H2,1H3. The van der Waals surface area contributed by atoms with Crippen molar-refractivity contribution in [3.8, 4) is 5.75 Å². The molecule has 2 saturated heterocycles. The molecule has 4 rings (SSSR count). The molecule has 160 valence electrons. The number of para-hydroxylation sites is 1. The van der Waals surface area contributed by atoms with Gasteiger partial charge in [-0.05, 0) is 43.9 Å². The fourth-order valence-corrected chi connectivity index (χ4v) is 4.29. The Balaban J connectivity index is 1.26. The lowest BCUT2D eigenvalue weighted by Gasteiger charge is -2.41. The van der Waals surface area contributed by atoms with Crippen molar-refractivity contribution in [2.24, 2.45) is 7.05 Å². The molecule has 0 spiro atoms. The first kappa shape index (κ1) is 20.5. The van der Waals surface area contributed by atoms with Crippen LogP contribution in [0.3, 0.4) is 0 Å². The second-order valence-electron chi connectivity index (χ2n) is 7.99. The Labute approximate surface area is 175 Å². The molecule has 3 heterocycles. The van der Waals surface area contributed by atoms with Crippen molar-refractivity contribution in [1.82, 2.24) is 19.6 Å². The quantitative estimate of drug-likeness (QED) is 0.766. The Hall–Kier alpha value is -2.74. The van der Waals surface area contributed by atoms with Crippen molar-refractivity contribution in [1.29, 1.82) is 0 Å². The van der Waals surface area contributed by atoms with E-state index in [4.69, 9.17) is 4.74 Å². The molecule has 0 aliphatic carbocycles. The van der Waals surface area contributed by atoms with Crippen LogP contribution in [0.2, 0.25) is 0 Å². The van der Waals surface area contributed by atoms with Crippen molar-refractivity contribution in [3.63, 3.8) is 0 Å².